The summed E-state index contributed by atoms with van der Waals surface area (Å²) in [7, 11) is 0. The summed E-state index contributed by atoms with van der Waals surface area (Å²) in [6, 6.07) is 0.345. The van der Waals surface area contributed by atoms with E-state index in [1.165, 1.54) is 0 Å². The molecule has 0 aromatic rings. The lowest BCUT2D eigenvalue weighted by atomic mass is 9.95. The molecular formula is C11H18F3NO2. The summed E-state index contributed by atoms with van der Waals surface area (Å²) in [6.45, 7) is -1.47. The van der Waals surface area contributed by atoms with Crippen LogP contribution >= 0.6 is 0 Å². The molecule has 6 heteroatoms. The van der Waals surface area contributed by atoms with Gasteiger partial charge in [0.2, 0.25) is 0 Å². The Labute approximate surface area is 98.3 Å². The number of aliphatic hydroxyl groups excluding tert-OH is 1. The Kier molecular flexibility index (Phi) is 3.66. The summed E-state index contributed by atoms with van der Waals surface area (Å²) in [5, 5.41) is 12.7. The SMILES string of the molecule is OCC(COCC(F)(F)F)(NC1CC1)C1CC1. The minimum absolute atomic E-state index is 0.0653. The van der Waals surface area contributed by atoms with Gasteiger partial charge in [0.15, 0.2) is 0 Å². The zero-order valence-corrected chi connectivity index (χ0v) is 9.59. The number of aliphatic hydroxyl groups is 1. The summed E-state index contributed by atoms with van der Waals surface area (Å²) in [4.78, 5) is 0. The van der Waals surface area contributed by atoms with Gasteiger partial charge in [-0.1, -0.05) is 0 Å². The first-order chi connectivity index (χ1) is 7.95. The molecule has 3 nitrogen and oxygen atoms in total. The number of rotatable bonds is 7. The Hall–Kier alpha value is -0.330. The molecular weight excluding hydrogens is 235 g/mol. The fourth-order valence-corrected chi connectivity index (χ4v) is 2.12. The van der Waals surface area contributed by atoms with E-state index in [2.05, 4.69) is 5.32 Å². The third-order valence-electron chi connectivity index (χ3n) is 3.34. The maximum absolute atomic E-state index is 12.0. The summed E-state index contributed by atoms with van der Waals surface area (Å²) in [5.41, 5.74) is -0.660. The topological polar surface area (TPSA) is 41.5 Å². The van der Waals surface area contributed by atoms with Crippen molar-refractivity contribution in [2.45, 2.75) is 43.4 Å². The van der Waals surface area contributed by atoms with Crippen molar-refractivity contribution in [1.29, 1.82) is 0 Å². The average molecular weight is 253 g/mol. The highest BCUT2D eigenvalue weighted by Gasteiger charge is 2.48. The van der Waals surface area contributed by atoms with Gasteiger partial charge in [0.25, 0.3) is 0 Å². The van der Waals surface area contributed by atoms with E-state index in [-0.39, 0.29) is 19.1 Å². The fraction of sp³-hybridized carbons (Fsp3) is 1.00. The van der Waals surface area contributed by atoms with E-state index >= 15 is 0 Å². The lowest BCUT2D eigenvalue weighted by molar-refractivity contribution is -0.180. The molecule has 2 fully saturated rings. The number of hydrogen-bond acceptors (Lipinski definition) is 3. The predicted molar refractivity (Wildman–Crippen MR) is 55.6 cm³/mol. The molecule has 17 heavy (non-hydrogen) atoms. The van der Waals surface area contributed by atoms with Crippen LogP contribution in [0.2, 0.25) is 0 Å². The second-order valence-corrected chi connectivity index (χ2v) is 5.12. The quantitative estimate of drug-likeness (QED) is 0.721. The minimum atomic E-state index is -4.30. The largest absolute Gasteiger partial charge is 0.411 e. The smallest absolute Gasteiger partial charge is 0.394 e. The molecule has 1 unspecified atom stereocenters. The van der Waals surface area contributed by atoms with Crippen molar-refractivity contribution >= 4 is 0 Å². The normalized spacial score (nSPS) is 24.7. The van der Waals surface area contributed by atoms with Crippen molar-refractivity contribution in [1.82, 2.24) is 5.32 Å². The van der Waals surface area contributed by atoms with Gasteiger partial charge in [-0.2, -0.15) is 13.2 Å². The molecule has 0 aromatic heterocycles. The summed E-state index contributed by atoms with van der Waals surface area (Å²) in [5.74, 6) is 0.251. The first kappa shape index (κ1) is 13.1. The number of hydrogen-bond donors (Lipinski definition) is 2. The van der Waals surface area contributed by atoms with Crippen LogP contribution in [0.1, 0.15) is 25.7 Å². The van der Waals surface area contributed by atoms with Crippen molar-refractivity contribution in [3.05, 3.63) is 0 Å². The van der Waals surface area contributed by atoms with Crippen molar-refractivity contribution in [2.24, 2.45) is 5.92 Å². The molecule has 2 N–H and O–H groups in total. The summed E-state index contributed by atoms with van der Waals surface area (Å²) < 4.78 is 40.8. The minimum Gasteiger partial charge on any atom is -0.394 e. The zero-order chi connectivity index (χ0) is 12.5. The molecule has 0 saturated heterocycles. The van der Waals surface area contributed by atoms with Crippen molar-refractivity contribution < 1.29 is 23.0 Å². The molecule has 0 spiro atoms. The van der Waals surface area contributed by atoms with E-state index in [0.29, 0.717) is 6.04 Å². The van der Waals surface area contributed by atoms with Gasteiger partial charge in [-0.25, -0.2) is 0 Å². The highest BCUT2D eigenvalue weighted by atomic mass is 19.4. The zero-order valence-electron chi connectivity index (χ0n) is 9.59. The van der Waals surface area contributed by atoms with Crippen LogP contribution in [0.3, 0.4) is 0 Å². The molecule has 0 bridgehead atoms. The van der Waals surface area contributed by atoms with Gasteiger partial charge in [0.1, 0.15) is 6.61 Å². The lowest BCUT2D eigenvalue weighted by Crippen LogP contribution is -2.55. The van der Waals surface area contributed by atoms with Crippen LogP contribution in [0.5, 0.6) is 0 Å². The van der Waals surface area contributed by atoms with Gasteiger partial charge in [-0.15, -0.1) is 0 Å². The van der Waals surface area contributed by atoms with Crippen molar-refractivity contribution in [3.8, 4) is 0 Å². The van der Waals surface area contributed by atoms with E-state index < -0.39 is 18.3 Å². The van der Waals surface area contributed by atoms with E-state index in [4.69, 9.17) is 4.74 Å². The third kappa shape index (κ3) is 3.82. The Balaban J connectivity index is 1.85. The van der Waals surface area contributed by atoms with Crippen LogP contribution < -0.4 is 5.32 Å². The summed E-state index contributed by atoms with van der Waals surface area (Å²) in [6.07, 6.45) is -0.322. The number of ether oxygens (including phenoxy) is 1. The van der Waals surface area contributed by atoms with Gasteiger partial charge in [-0.3, -0.25) is 0 Å². The molecule has 100 valence electrons. The van der Waals surface area contributed by atoms with Crippen LogP contribution in [0, 0.1) is 5.92 Å². The van der Waals surface area contributed by atoms with Crippen LogP contribution in [0.15, 0.2) is 0 Å². The van der Waals surface area contributed by atoms with E-state index in [0.717, 1.165) is 25.7 Å². The highest BCUT2D eigenvalue weighted by molar-refractivity contribution is 5.04. The van der Waals surface area contributed by atoms with E-state index in [1.807, 2.05) is 0 Å². The Morgan fingerprint density at radius 1 is 1.12 bits per heavy atom. The van der Waals surface area contributed by atoms with Gasteiger partial charge < -0.3 is 15.2 Å². The van der Waals surface area contributed by atoms with E-state index in [1.54, 1.807) is 0 Å². The molecule has 0 amide bonds. The monoisotopic (exact) mass is 253 g/mol. The van der Waals surface area contributed by atoms with Crippen molar-refractivity contribution in [2.75, 3.05) is 19.8 Å². The molecule has 0 radical (unpaired) electrons. The highest BCUT2D eigenvalue weighted by Crippen LogP contribution is 2.41. The third-order valence-corrected chi connectivity index (χ3v) is 3.34. The molecule has 1 atom stereocenters. The second-order valence-electron chi connectivity index (χ2n) is 5.12. The maximum atomic E-state index is 12.0. The standard InChI is InChI=1S/C11H18F3NO2/c12-11(13,14)7-17-6-10(5-16,8-1-2-8)15-9-3-4-9/h8-9,15-16H,1-7H2. The van der Waals surface area contributed by atoms with Gasteiger partial charge in [-0.05, 0) is 31.6 Å². The van der Waals surface area contributed by atoms with Gasteiger partial charge in [0.05, 0.1) is 18.8 Å². The summed E-state index contributed by atoms with van der Waals surface area (Å²) >= 11 is 0. The molecule has 2 aliphatic carbocycles. The molecule has 2 aliphatic rings. The first-order valence-electron chi connectivity index (χ1n) is 5.98. The number of alkyl halides is 3. The number of nitrogens with one attached hydrogen (secondary N) is 1. The molecule has 2 saturated carbocycles. The fourth-order valence-electron chi connectivity index (χ4n) is 2.12. The second kappa shape index (κ2) is 4.74. The first-order valence-corrected chi connectivity index (χ1v) is 5.98. The maximum Gasteiger partial charge on any atom is 0.411 e. The van der Waals surface area contributed by atoms with Crippen molar-refractivity contribution in [3.63, 3.8) is 0 Å². The average Bonchev–Trinajstić information content (AvgIpc) is 3.07. The Morgan fingerprint density at radius 3 is 2.18 bits per heavy atom. The Morgan fingerprint density at radius 2 is 1.76 bits per heavy atom. The molecule has 0 aliphatic heterocycles. The Bertz CT molecular complexity index is 264. The molecule has 0 aromatic carbocycles. The molecule has 2 rings (SSSR count). The van der Waals surface area contributed by atoms with Gasteiger partial charge in [0, 0.05) is 6.04 Å². The van der Waals surface area contributed by atoms with Crippen LogP contribution in [-0.2, 0) is 4.74 Å². The van der Waals surface area contributed by atoms with E-state index in [9.17, 15) is 18.3 Å². The number of halogens is 3. The molecule has 0 heterocycles. The predicted octanol–water partition coefficient (Wildman–Crippen LogP) is 1.46. The van der Waals surface area contributed by atoms with Crippen LogP contribution in [0.25, 0.3) is 0 Å². The van der Waals surface area contributed by atoms with Crippen LogP contribution in [0.4, 0.5) is 13.2 Å². The van der Waals surface area contributed by atoms with Gasteiger partial charge >= 0.3 is 6.18 Å². The van der Waals surface area contributed by atoms with Crippen LogP contribution in [-0.4, -0.2) is 42.7 Å². The lowest BCUT2D eigenvalue weighted by Gasteiger charge is -2.33.